The van der Waals surface area contributed by atoms with Crippen molar-refractivity contribution in [2.75, 3.05) is 5.32 Å². The smallest absolute Gasteiger partial charge is 0.306 e. The van der Waals surface area contributed by atoms with Gasteiger partial charge in [0.2, 0.25) is 5.91 Å². The largest absolute Gasteiger partial charge is 0.481 e. The Hall–Kier alpha value is -1.91. The summed E-state index contributed by atoms with van der Waals surface area (Å²) in [6.07, 6.45) is 1.65. The summed E-state index contributed by atoms with van der Waals surface area (Å²) in [6.45, 7) is 3.74. The standard InChI is InChI=1S/C14H18N2O3/c1-8-3-6-12(9(2)15-8)16-13(17)10-4-5-11(7-10)14(18)19/h3,6,10-11H,4-5,7H2,1-2H3,(H,16,17)(H,18,19)/t10-,11+/m1/s1. The third-order valence-electron chi connectivity index (χ3n) is 3.64. The van der Waals surface area contributed by atoms with Crippen molar-refractivity contribution in [2.45, 2.75) is 33.1 Å². The van der Waals surface area contributed by atoms with Gasteiger partial charge in [-0.05, 0) is 45.2 Å². The Morgan fingerprint density at radius 3 is 2.53 bits per heavy atom. The molecular weight excluding hydrogens is 244 g/mol. The number of aliphatic carboxylic acids is 1. The van der Waals surface area contributed by atoms with Gasteiger partial charge in [-0.15, -0.1) is 0 Å². The Bertz CT molecular complexity index is 513. The van der Waals surface area contributed by atoms with E-state index >= 15 is 0 Å². The lowest BCUT2D eigenvalue weighted by Gasteiger charge is -2.12. The number of carbonyl (C=O) groups is 2. The number of amides is 1. The second-order valence-corrected chi connectivity index (χ2v) is 5.12. The van der Waals surface area contributed by atoms with Crippen LogP contribution in [0.25, 0.3) is 0 Å². The molecule has 1 aliphatic rings. The fourth-order valence-electron chi connectivity index (χ4n) is 2.50. The van der Waals surface area contributed by atoms with Crippen LogP contribution in [0.5, 0.6) is 0 Å². The van der Waals surface area contributed by atoms with E-state index in [0.29, 0.717) is 24.9 Å². The summed E-state index contributed by atoms with van der Waals surface area (Å²) in [5.74, 6) is -1.49. The molecule has 0 bridgehead atoms. The zero-order valence-electron chi connectivity index (χ0n) is 11.1. The van der Waals surface area contributed by atoms with Gasteiger partial charge < -0.3 is 10.4 Å². The van der Waals surface area contributed by atoms with Gasteiger partial charge in [0.15, 0.2) is 0 Å². The molecule has 0 saturated heterocycles. The number of nitrogens with one attached hydrogen (secondary N) is 1. The minimum Gasteiger partial charge on any atom is -0.481 e. The first-order chi connectivity index (χ1) is 8.97. The first kappa shape index (κ1) is 13.5. The molecule has 1 heterocycles. The molecule has 0 aliphatic heterocycles. The maximum atomic E-state index is 12.1. The van der Waals surface area contributed by atoms with Gasteiger partial charge in [0.1, 0.15) is 0 Å². The lowest BCUT2D eigenvalue weighted by Crippen LogP contribution is -2.22. The van der Waals surface area contributed by atoms with E-state index in [-0.39, 0.29) is 17.7 Å². The van der Waals surface area contributed by atoms with Gasteiger partial charge in [-0.3, -0.25) is 14.6 Å². The maximum absolute atomic E-state index is 12.1. The summed E-state index contributed by atoms with van der Waals surface area (Å²) in [5.41, 5.74) is 2.39. The van der Waals surface area contributed by atoms with Crippen LogP contribution in [-0.4, -0.2) is 22.0 Å². The van der Waals surface area contributed by atoms with E-state index in [1.807, 2.05) is 26.0 Å². The molecule has 0 aromatic carbocycles. The number of carboxylic acid groups (broad SMARTS) is 1. The lowest BCUT2D eigenvalue weighted by molar-refractivity contribution is -0.141. The molecule has 0 unspecified atom stereocenters. The van der Waals surface area contributed by atoms with E-state index in [1.54, 1.807) is 0 Å². The van der Waals surface area contributed by atoms with Crippen molar-refractivity contribution < 1.29 is 14.7 Å². The van der Waals surface area contributed by atoms with E-state index in [2.05, 4.69) is 10.3 Å². The first-order valence-electron chi connectivity index (χ1n) is 6.45. The Kier molecular flexibility index (Phi) is 3.83. The Morgan fingerprint density at radius 2 is 1.95 bits per heavy atom. The van der Waals surface area contributed by atoms with Gasteiger partial charge in [-0.1, -0.05) is 0 Å². The number of carbonyl (C=O) groups excluding carboxylic acids is 1. The zero-order valence-corrected chi connectivity index (χ0v) is 11.1. The quantitative estimate of drug-likeness (QED) is 0.874. The minimum absolute atomic E-state index is 0.0995. The number of aromatic nitrogens is 1. The van der Waals surface area contributed by atoms with E-state index in [9.17, 15) is 9.59 Å². The van der Waals surface area contributed by atoms with Gasteiger partial charge in [-0.2, -0.15) is 0 Å². The highest BCUT2D eigenvalue weighted by Gasteiger charge is 2.33. The van der Waals surface area contributed by atoms with Crippen LogP contribution in [0.2, 0.25) is 0 Å². The number of nitrogens with zero attached hydrogens (tertiary/aromatic N) is 1. The average Bonchev–Trinajstić information content (AvgIpc) is 2.82. The highest BCUT2D eigenvalue weighted by atomic mass is 16.4. The molecule has 102 valence electrons. The predicted molar refractivity (Wildman–Crippen MR) is 70.8 cm³/mol. The molecule has 1 saturated carbocycles. The van der Waals surface area contributed by atoms with Crippen LogP contribution < -0.4 is 5.32 Å². The SMILES string of the molecule is Cc1ccc(NC(=O)[C@@H]2CC[C@H](C(=O)O)C2)c(C)n1. The van der Waals surface area contributed by atoms with E-state index in [0.717, 1.165) is 11.4 Å². The van der Waals surface area contributed by atoms with E-state index in [1.165, 1.54) is 0 Å². The Balaban J connectivity index is 2.00. The molecule has 1 fully saturated rings. The number of aryl methyl sites for hydroxylation is 2. The first-order valence-corrected chi connectivity index (χ1v) is 6.45. The molecule has 2 atom stereocenters. The molecule has 1 aromatic heterocycles. The van der Waals surface area contributed by atoms with Crippen LogP contribution in [0.15, 0.2) is 12.1 Å². The maximum Gasteiger partial charge on any atom is 0.306 e. The van der Waals surface area contributed by atoms with Crippen LogP contribution in [0.3, 0.4) is 0 Å². The summed E-state index contributed by atoms with van der Waals surface area (Å²) in [7, 11) is 0. The number of carboxylic acids is 1. The number of hydrogen-bond donors (Lipinski definition) is 2. The second kappa shape index (κ2) is 5.38. The lowest BCUT2D eigenvalue weighted by atomic mass is 10.0. The van der Waals surface area contributed by atoms with Gasteiger partial charge in [0.05, 0.1) is 17.3 Å². The third kappa shape index (κ3) is 3.10. The highest BCUT2D eigenvalue weighted by molar-refractivity contribution is 5.93. The van der Waals surface area contributed by atoms with Crippen LogP contribution in [0.4, 0.5) is 5.69 Å². The number of hydrogen-bond acceptors (Lipinski definition) is 3. The molecule has 1 aromatic rings. The summed E-state index contributed by atoms with van der Waals surface area (Å²) >= 11 is 0. The van der Waals surface area contributed by atoms with Crippen molar-refractivity contribution in [1.29, 1.82) is 0 Å². The second-order valence-electron chi connectivity index (χ2n) is 5.12. The van der Waals surface area contributed by atoms with Crippen molar-refractivity contribution in [3.05, 3.63) is 23.5 Å². The molecule has 1 amide bonds. The fourth-order valence-corrected chi connectivity index (χ4v) is 2.50. The molecule has 2 N–H and O–H groups in total. The third-order valence-corrected chi connectivity index (χ3v) is 3.64. The fraction of sp³-hybridized carbons (Fsp3) is 0.500. The van der Waals surface area contributed by atoms with Crippen LogP contribution in [-0.2, 0) is 9.59 Å². The molecule has 0 spiro atoms. The van der Waals surface area contributed by atoms with Crippen LogP contribution >= 0.6 is 0 Å². The van der Waals surface area contributed by atoms with Gasteiger partial charge >= 0.3 is 5.97 Å². The molecule has 1 aliphatic carbocycles. The monoisotopic (exact) mass is 262 g/mol. The zero-order chi connectivity index (χ0) is 14.0. The van der Waals surface area contributed by atoms with Gasteiger partial charge in [0, 0.05) is 11.6 Å². The van der Waals surface area contributed by atoms with Crippen molar-refractivity contribution in [2.24, 2.45) is 11.8 Å². The van der Waals surface area contributed by atoms with Crippen molar-refractivity contribution in [3.63, 3.8) is 0 Å². The summed E-state index contributed by atoms with van der Waals surface area (Å²) in [5, 5.41) is 11.8. The highest BCUT2D eigenvalue weighted by Crippen LogP contribution is 2.32. The predicted octanol–water partition coefficient (Wildman–Crippen LogP) is 2.14. The van der Waals surface area contributed by atoms with E-state index in [4.69, 9.17) is 5.11 Å². The number of pyridine rings is 1. The number of anilines is 1. The van der Waals surface area contributed by atoms with Crippen molar-refractivity contribution >= 4 is 17.6 Å². The van der Waals surface area contributed by atoms with Gasteiger partial charge in [-0.25, -0.2) is 0 Å². The number of rotatable bonds is 3. The molecule has 2 rings (SSSR count). The molecule has 0 radical (unpaired) electrons. The average molecular weight is 262 g/mol. The van der Waals surface area contributed by atoms with Crippen LogP contribution in [0.1, 0.15) is 30.7 Å². The Labute approximate surface area is 112 Å². The van der Waals surface area contributed by atoms with E-state index < -0.39 is 5.97 Å². The molecule has 5 nitrogen and oxygen atoms in total. The van der Waals surface area contributed by atoms with Crippen molar-refractivity contribution in [1.82, 2.24) is 4.98 Å². The molecule has 5 heteroatoms. The molecular formula is C14H18N2O3. The summed E-state index contributed by atoms with van der Waals surface area (Å²) in [6, 6.07) is 3.68. The Morgan fingerprint density at radius 1 is 1.26 bits per heavy atom. The normalized spacial score (nSPS) is 22.2. The summed E-state index contributed by atoms with van der Waals surface area (Å²) in [4.78, 5) is 27.3. The molecule has 19 heavy (non-hydrogen) atoms. The van der Waals surface area contributed by atoms with Crippen LogP contribution in [0, 0.1) is 25.7 Å². The van der Waals surface area contributed by atoms with Gasteiger partial charge in [0.25, 0.3) is 0 Å². The topological polar surface area (TPSA) is 79.3 Å². The van der Waals surface area contributed by atoms with Crippen molar-refractivity contribution in [3.8, 4) is 0 Å². The summed E-state index contributed by atoms with van der Waals surface area (Å²) < 4.78 is 0. The minimum atomic E-state index is -0.802.